The van der Waals surface area contributed by atoms with Gasteiger partial charge in [0.05, 0.1) is 11.3 Å². The predicted molar refractivity (Wildman–Crippen MR) is 72.9 cm³/mol. The molecule has 2 aromatic carbocycles. The van der Waals surface area contributed by atoms with Gasteiger partial charge in [-0.2, -0.15) is 0 Å². The second-order valence-corrected chi connectivity index (χ2v) is 4.42. The van der Waals surface area contributed by atoms with Crippen LogP contribution in [0, 0.1) is 6.92 Å². The number of aryl methyl sites for hydroxylation is 1. The maximum Gasteiger partial charge on any atom is 0.337 e. The summed E-state index contributed by atoms with van der Waals surface area (Å²) in [4.78, 5) is 11.1. The van der Waals surface area contributed by atoms with E-state index in [1.807, 2.05) is 31.2 Å². The van der Waals surface area contributed by atoms with Crippen molar-refractivity contribution in [2.75, 3.05) is 5.32 Å². The number of carboxylic acids is 1. The summed E-state index contributed by atoms with van der Waals surface area (Å²) in [5, 5.41) is 12.6. The first-order chi connectivity index (χ1) is 8.56. The lowest BCUT2D eigenvalue weighted by molar-refractivity contribution is 0.0698. The fourth-order valence-electron chi connectivity index (χ4n) is 1.60. The van der Waals surface area contributed by atoms with Crippen LogP contribution in [0.5, 0.6) is 0 Å². The molecule has 0 saturated carbocycles. The normalized spacial score (nSPS) is 10.1. The predicted octanol–water partition coefficient (Wildman–Crippen LogP) is 4.09. The zero-order valence-corrected chi connectivity index (χ0v) is 10.5. The van der Waals surface area contributed by atoms with Gasteiger partial charge in [-0.1, -0.05) is 29.3 Å². The largest absolute Gasteiger partial charge is 0.478 e. The molecule has 0 aliphatic heterocycles. The first-order valence-corrected chi connectivity index (χ1v) is 5.80. The number of aromatic carboxylic acids is 1. The number of hydrogen-bond acceptors (Lipinski definition) is 2. The summed E-state index contributed by atoms with van der Waals surface area (Å²) in [6.07, 6.45) is 0. The van der Waals surface area contributed by atoms with Crippen LogP contribution in [-0.4, -0.2) is 11.1 Å². The lowest BCUT2D eigenvalue weighted by Crippen LogP contribution is -2.02. The van der Waals surface area contributed by atoms with Gasteiger partial charge in [0, 0.05) is 10.7 Å². The summed E-state index contributed by atoms with van der Waals surface area (Å²) >= 11 is 5.88. The van der Waals surface area contributed by atoms with Crippen LogP contribution in [0.4, 0.5) is 11.4 Å². The van der Waals surface area contributed by atoms with E-state index in [4.69, 9.17) is 16.7 Å². The van der Waals surface area contributed by atoms with E-state index < -0.39 is 5.97 Å². The lowest BCUT2D eigenvalue weighted by Gasteiger charge is -2.10. The number of halogens is 1. The molecule has 0 aromatic heterocycles. The van der Waals surface area contributed by atoms with Crippen molar-refractivity contribution in [1.29, 1.82) is 0 Å². The van der Waals surface area contributed by atoms with E-state index in [1.165, 1.54) is 6.07 Å². The third-order valence-corrected chi connectivity index (χ3v) is 2.78. The Morgan fingerprint density at radius 1 is 1.17 bits per heavy atom. The number of carbonyl (C=O) groups is 1. The lowest BCUT2D eigenvalue weighted by atomic mass is 10.1. The Labute approximate surface area is 110 Å². The van der Waals surface area contributed by atoms with E-state index in [0.29, 0.717) is 10.7 Å². The van der Waals surface area contributed by atoms with E-state index in [2.05, 4.69) is 5.32 Å². The van der Waals surface area contributed by atoms with Gasteiger partial charge in [-0.05, 0) is 37.3 Å². The van der Waals surface area contributed by atoms with Crippen molar-refractivity contribution in [1.82, 2.24) is 0 Å². The van der Waals surface area contributed by atoms with Crippen molar-refractivity contribution < 1.29 is 9.90 Å². The topological polar surface area (TPSA) is 49.3 Å². The van der Waals surface area contributed by atoms with Gasteiger partial charge in [-0.15, -0.1) is 0 Å². The maximum atomic E-state index is 11.1. The van der Waals surface area contributed by atoms with Crippen molar-refractivity contribution in [3.05, 3.63) is 58.6 Å². The zero-order valence-electron chi connectivity index (χ0n) is 9.77. The Bertz CT molecular complexity index is 579. The second-order valence-electron chi connectivity index (χ2n) is 3.99. The van der Waals surface area contributed by atoms with Gasteiger partial charge in [0.2, 0.25) is 0 Å². The minimum Gasteiger partial charge on any atom is -0.478 e. The Balaban J connectivity index is 2.35. The van der Waals surface area contributed by atoms with Gasteiger partial charge in [0.15, 0.2) is 0 Å². The molecule has 0 fully saturated rings. The van der Waals surface area contributed by atoms with E-state index in [9.17, 15) is 4.79 Å². The molecule has 0 spiro atoms. The van der Waals surface area contributed by atoms with E-state index in [-0.39, 0.29) is 5.56 Å². The Kier molecular flexibility index (Phi) is 3.53. The Morgan fingerprint density at radius 2 is 1.83 bits per heavy atom. The Hall–Kier alpha value is -2.00. The number of benzene rings is 2. The fourth-order valence-corrected chi connectivity index (χ4v) is 1.77. The average Bonchev–Trinajstić information content (AvgIpc) is 2.32. The summed E-state index contributed by atoms with van der Waals surface area (Å²) in [6.45, 7) is 1.99. The third-order valence-electron chi connectivity index (χ3n) is 2.54. The molecule has 92 valence electrons. The van der Waals surface area contributed by atoms with E-state index in [1.54, 1.807) is 12.1 Å². The molecule has 18 heavy (non-hydrogen) atoms. The van der Waals surface area contributed by atoms with Gasteiger partial charge in [0.25, 0.3) is 0 Å². The van der Waals surface area contributed by atoms with Crippen molar-refractivity contribution in [2.24, 2.45) is 0 Å². The summed E-state index contributed by atoms with van der Waals surface area (Å²) in [7, 11) is 0. The minimum absolute atomic E-state index is 0.194. The maximum absolute atomic E-state index is 11.1. The van der Waals surface area contributed by atoms with Crippen molar-refractivity contribution in [2.45, 2.75) is 6.92 Å². The SMILES string of the molecule is Cc1ccc(Nc2cc(Cl)ccc2C(=O)O)cc1. The standard InChI is InChI=1S/C14H12ClNO2/c1-9-2-5-11(6-3-9)16-13-8-10(15)4-7-12(13)14(17)18/h2-8,16H,1H3,(H,17,18). The molecule has 0 amide bonds. The van der Waals surface area contributed by atoms with Crippen LogP contribution < -0.4 is 5.32 Å². The van der Waals surface area contributed by atoms with Gasteiger partial charge in [0.1, 0.15) is 0 Å². The van der Waals surface area contributed by atoms with E-state index in [0.717, 1.165) is 11.3 Å². The van der Waals surface area contributed by atoms with Gasteiger partial charge < -0.3 is 10.4 Å². The first kappa shape index (κ1) is 12.5. The molecule has 2 aromatic rings. The highest BCUT2D eigenvalue weighted by Gasteiger charge is 2.10. The van der Waals surface area contributed by atoms with Crippen LogP contribution >= 0.6 is 11.6 Å². The average molecular weight is 262 g/mol. The molecule has 0 unspecified atom stereocenters. The molecular formula is C14H12ClNO2. The van der Waals surface area contributed by atoms with Gasteiger partial charge in [-0.3, -0.25) is 0 Å². The number of nitrogens with one attached hydrogen (secondary N) is 1. The Morgan fingerprint density at radius 3 is 2.44 bits per heavy atom. The molecule has 0 radical (unpaired) electrons. The number of carboxylic acid groups (broad SMARTS) is 1. The fraction of sp³-hybridized carbons (Fsp3) is 0.0714. The van der Waals surface area contributed by atoms with Crippen LogP contribution in [0.2, 0.25) is 5.02 Å². The molecule has 0 heterocycles. The second kappa shape index (κ2) is 5.10. The highest BCUT2D eigenvalue weighted by atomic mass is 35.5. The van der Waals surface area contributed by atoms with Crippen LogP contribution in [0.1, 0.15) is 15.9 Å². The molecule has 0 bridgehead atoms. The van der Waals surface area contributed by atoms with Crippen LogP contribution in [-0.2, 0) is 0 Å². The molecule has 2 N–H and O–H groups in total. The highest BCUT2D eigenvalue weighted by Crippen LogP contribution is 2.25. The molecule has 0 saturated heterocycles. The van der Waals surface area contributed by atoms with Crippen LogP contribution in [0.3, 0.4) is 0 Å². The summed E-state index contributed by atoms with van der Waals surface area (Å²) < 4.78 is 0. The zero-order chi connectivity index (χ0) is 13.1. The first-order valence-electron chi connectivity index (χ1n) is 5.43. The summed E-state index contributed by atoms with van der Waals surface area (Å²) in [5.74, 6) is -0.985. The number of anilines is 2. The van der Waals surface area contributed by atoms with Crippen molar-refractivity contribution in [3.63, 3.8) is 0 Å². The molecule has 3 nitrogen and oxygen atoms in total. The third kappa shape index (κ3) is 2.81. The van der Waals surface area contributed by atoms with Gasteiger partial charge >= 0.3 is 5.97 Å². The quantitative estimate of drug-likeness (QED) is 0.875. The summed E-state index contributed by atoms with van der Waals surface area (Å²) in [6, 6.07) is 12.3. The molecule has 0 aliphatic rings. The van der Waals surface area contributed by atoms with Crippen molar-refractivity contribution in [3.8, 4) is 0 Å². The smallest absolute Gasteiger partial charge is 0.337 e. The van der Waals surface area contributed by atoms with Crippen LogP contribution in [0.15, 0.2) is 42.5 Å². The highest BCUT2D eigenvalue weighted by molar-refractivity contribution is 6.31. The molecule has 4 heteroatoms. The summed E-state index contributed by atoms with van der Waals surface area (Å²) in [5.41, 5.74) is 2.65. The molecular weight excluding hydrogens is 250 g/mol. The molecule has 0 aliphatic carbocycles. The minimum atomic E-state index is -0.985. The van der Waals surface area contributed by atoms with E-state index >= 15 is 0 Å². The monoisotopic (exact) mass is 261 g/mol. The van der Waals surface area contributed by atoms with Crippen molar-refractivity contribution >= 4 is 28.9 Å². The van der Waals surface area contributed by atoms with Crippen LogP contribution in [0.25, 0.3) is 0 Å². The molecule has 2 rings (SSSR count). The van der Waals surface area contributed by atoms with Gasteiger partial charge in [-0.25, -0.2) is 4.79 Å². The number of hydrogen-bond donors (Lipinski definition) is 2. The molecule has 0 atom stereocenters. The number of rotatable bonds is 3.